The second kappa shape index (κ2) is 5.69. The third-order valence-corrected chi connectivity index (χ3v) is 3.13. The van der Waals surface area contributed by atoms with Gasteiger partial charge in [-0.2, -0.15) is 5.10 Å². The van der Waals surface area contributed by atoms with E-state index in [-0.39, 0.29) is 0 Å². The van der Waals surface area contributed by atoms with Crippen molar-refractivity contribution in [3.05, 3.63) is 64.2 Å². The van der Waals surface area contributed by atoms with Crippen LogP contribution in [0, 0.1) is 13.8 Å². The fraction of sp³-hybridized carbons (Fsp3) is 0.133. The van der Waals surface area contributed by atoms with E-state index in [1.165, 1.54) is 0 Å². The van der Waals surface area contributed by atoms with Crippen LogP contribution in [0.5, 0.6) is 0 Å². The predicted molar refractivity (Wildman–Crippen MR) is 78.6 cm³/mol. The zero-order valence-electron chi connectivity index (χ0n) is 10.4. The van der Waals surface area contributed by atoms with E-state index in [0.29, 0.717) is 0 Å². The summed E-state index contributed by atoms with van der Waals surface area (Å²) in [5.74, 6) is 0. The minimum atomic E-state index is 0.792. The molecule has 0 atom stereocenters. The van der Waals surface area contributed by atoms with Crippen molar-refractivity contribution in [1.82, 2.24) is 0 Å². The number of halogens is 1. The Kier molecular flexibility index (Phi) is 4.00. The zero-order valence-corrected chi connectivity index (χ0v) is 11.2. The van der Waals surface area contributed by atoms with Crippen LogP contribution < -0.4 is 5.43 Å². The van der Waals surface area contributed by atoms with Gasteiger partial charge >= 0.3 is 0 Å². The molecule has 2 aromatic carbocycles. The Hall–Kier alpha value is -1.80. The number of rotatable bonds is 3. The molecule has 2 rings (SSSR count). The molecule has 18 heavy (non-hydrogen) atoms. The summed E-state index contributed by atoms with van der Waals surface area (Å²) in [4.78, 5) is 0. The topological polar surface area (TPSA) is 24.4 Å². The first kappa shape index (κ1) is 12.7. The number of anilines is 1. The van der Waals surface area contributed by atoms with Crippen molar-refractivity contribution < 1.29 is 0 Å². The molecule has 0 saturated heterocycles. The van der Waals surface area contributed by atoms with Gasteiger partial charge in [-0.3, -0.25) is 5.43 Å². The van der Waals surface area contributed by atoms with Crippen LogP contribution in [-0.2, 0) is 0 Å². The van der Waals surface area contributed by atoms with E-state index in [2.05, 4.69) is 10.5 Å². The van der Waals surface area contributed by atoms with Crippen LogP contribution in [0.25, 0.3) is 0 Å². The minimum absolute atomic E-state index is 0.792. The van der Waals surface area contributed by atoms with E-state index in [4.69, 9.17) is 11.6 Å². The highest BCUT2D eigenvalue weighted by Gasteiger charge is 2.00. The van der Waals surface area contributed by atoms with Crippen LogP contribution >= 0.6 is 11.6 Å². The van der Waals surface area contributed by atoms with Gasteiger partial charge in [-0.1, -0.05) is 29.8 Å². The average Bonchev–Trinajstić information content (AvgIpc) is 2.37. The molecule has 92 valence electrons. The summed E-state index contributed by atoms with van der Waals surface area (Å²) in [6, 6.07) is 13.8. The molecule has 0 spiro atoms. The van der Waals surface area contributed by atoms with Gasteiger partial charge in [0.25, 0.3) is 0 Å². The normalized spacial score (nSPS) is 10.8. The number of nitrogens with one attached hydrogen (secondary N) is 1. The summed E-state index contributed by atoms with van der Waals surface area (Å²) in [5, 5.41) is 5.02. The lowest BCUT2D eigenvalue weighted by molar-refractivity contribution is 1.33. The third kappa shape index (κ3) is 3.11. The molecule has 0 bridgehead atoms. The molecule has 0 aliphatic rings. The van der Waals surface area contributed by atoms with Gasteiger partial charge in [0, 0.05) is 5.02 Å². The van der Waals surface area contributed by atoms with Crippen molar-refractivity contribution in [3.63, 3.8) is 0 Å². The van der Waals surface area contributed by atoms with Gasteiger partial charge in [0.1, 0.15) is 0 Å². The standard InChI is InChI=1S/C15H15ClN2/c1-11-9-15(16)12(2)8-13(11)10-17-18-14-6-4-3-5-7-14/h3-10,18H,1-2H3. The maximum Gasteiger partial charge on any atom is 0.0561 e. The Bertz CT molecular complexity index is 562. The number of benzene rings is 2. The number of nitrogens with zero attached hydrogens (tertiary/aromatic N) is 1. The summed E-state index contributed by atoms with van der Waals surface area (Å²) in [6.07, 6.45) is 1.81. The summed E-state index contributed by atoms with van der Waals surface area (Å²) >= 11 is 6.06. The Morgan fingerprint density at radius 2 is 1.78 bits per heavy atom. The van der Waals surface area contributed by atoms with Gasteiger partial charge in [0.05, 0.1) is 11.9 Å². The fourth-order valence-electron chi connectivity index (χ4n) is 1.63. The molecule has 0 saturated carbocycles. The molecule has 2 nitrogen and oxygen atoms in total. The number of aryl methyl sites for hydroxylation is 2. The van der Waals surface area contributed by atoms with Gasteiger partial charge in [0.15, 0.2) is 0 Å². The molecule has 0 aliphatic carbocycles. The fourth-order valence-corrected chi connectivity index (χ4v) is 1.85. The van der Waals surface area contributed by atoms with Crippen LogP contribution in [0.2, 0.25) is 5.02 Å². The molecule has 0 fully saturated rings. The van der Waals surface area contributed by atoms with Crippen LogP contribution in [0.4, 0.5) is 5.69 Å². The van der Waals surface area contributed by atoms with Gasteiger partial charge < -0.3 is 0 Å². The van der Waals surface area contributed by atoms with E-state index in [1.807, 2.05) is 62.5 Å². The highest BCUT2D eigenvalue weighted by molar-refractivity contribution is 6.31. The smallest absolute Gasteiger partial charge is 0.0561 e. The molecule has 0 amide bonds. The molecular formula is C15H15ClN2. The summed E-state index contributed by atoms with van der Waals surface area (Å²) in [7, 11) is 0. The number of hydrogen-bond donors (Lipinski definition) is 1. The molecule has 0 aliphatic heterocycles. The lowest BCUT2D eigenvalue weighted by atomic mass is 10.1. The van der Waals surface area contributed by atoms with Gasteiger partial charge in [-0.15, -0.1) is 0 Å². The van der Waals surface area contributed by atoms with E-state index in [9.17, 15) is 0 Å². The Balaban J connectivity index is 2.12. The second-order valence-corrected chi connectivity index (χ2v) is 4.60. The van der Waals surface area contributed by atoms with Crippen molar-refractivity contribution in [2.24, 2.45) is 5.10 Å². The molecule has 1 N–H and O–H groups in total. The molecule has 0 unspecified atom stereocenters. The van der Waals surface area contributed by atoms with E-state index in [1.54, 1.807) is 0 Å². The summed E-state index contributed by atoms with van der Waals surface area (Å²) in [5.41, 5.74) is 7.20. The molecule has 0 heterocycles. The average molecular weight is 259 g/mol. The van der Waals surface area contributed by atoms with Gasteiger partial charge in [-0.05, 0) is 54.8 Å². The van der Waals surface area contributed by atoms with Crippen LogP contribution in [0.15, 0.2) is 47.6 Å². The number of para-hydroxylation sites is 1. The van der Waals surface area contributed by atoms with Crippen LogP contribution in [0.1, 0.15) is 16.7 Å². The van der Waals surface area contributed by atoms with Crippen molar-refractivity contribution in [3.8, 4) is 0 Å². The quantitative estimate of drug-likeness (QED) is 0.640. The first-order chi connectivity index (χ1) is 8.66. The summed E-state index contributed by atoms with van der Waals surface area (Å²) in [6.45, 7) is 4.01. The van der Waals surface area contributed by atoms with Crippen LogP contribution in [-0.4, -0.2) is 6.21 Å². The monoisotopic (exact) mass is 258 g/mol. The Morgan fingerprint density at radius 1 is 1.06 bits per heavy atom. The SMILES string of the molecule is Cc1cc(C=NNc2ccccc2)c(C)cc1Cl. The molecule has 3 heteroatoms. The predicted octanol–water partition coefficient (Wildman–Crippen LogP) is 4.40. The van der Waals surface area contributed by atoms with Crippen molar-refractivity contribution in [2.75, 3.05) is 5.43 Å². The Labute approximate surface area is 112 Å². The Morgan fingerprint density at radius 3 is 2.50 bits per heavy atom. The van der Waals surface area contributed by atoms with Gasteiger partial charge in [0.2, 0.25) is 0 Å². The van der Waals surface area contributed by atoms with E-state index < -0.39 is 0 Å². The van der Waals surface area contributed by atoms with Crippen molar-refractivity contribution >= 4 is 23.5 Å². The lowest BCUT2D eigenvalue weighted by Gasteiger charge is -2.04. The zero-order chi connectivity index (χ0) is 13.0. The molecule has 0 radical (unpaired) electrons. The largest absolute Gasteiger partial charge is 0.279 e. The third-order valence-electron chi connectivity index (χ3n) is 2.72. The van der Waals surface area contributed by atoms with E-state index in [0.717, 1.165) is 27.4 Å². The maximum atomic E-state index is 6.06. The number of hydrazone groups is 1. The highest BCUT2D eigenvalue weighted by Crippen LogP contribution is 2.19. The molecule has 0 aromatic heterocycles. The minimum Gasteiger partial charge on any atom is -0.279 e. The highest BCUT2D eigenvalue weighted by atomic mass is 35.5. The maximum absolute atomic E-state index is 6.06. The first-order valence-corrected chi connectivity index (χ1v) is 6.15. The van der Waals surface area contributed by atoms with Crippen LogP contribution in [0.3, 0.4) is 0 Å². The number of hydrogen-bond acceptors (Lipinski definition) is 2. The molecule has 2 aromatic rings. The second-order valence-electron chi connectivity index (χ2n) is 4.19. The van der Waals surface area contributed by atoms with Crippen molar-refractivity contribution in [2.45, 2.75) is 13.8 Å². The molecular weight excluding hydrogens is 244 g/mol. The lowest BCUT2D eigenvalue weighted by Crippen LogP contribution is -1.93. The van der Waals surface area contributed by atoms with Gasteiger partial charge in [-0.25, -0.2) is 0 Å². The summed E-state index contributed by atoms with van der Waals surface area (Å²) < 4.78 is 0. The van der Waals surface area contributed by atoms with Crippen molar-refractivity contribution in [1.29, 1.82) is 0 Å². The van der Waals surface area contributed by atoms with E-state index >= 15 is 0 Å². The first-order valence-electron chi connectivity index (χ1n) is 5.77.